The highest BCUT2D eigenvalue weighted by Crippen LogP contribution is 2.33. The minimum atomic E-state index is -0.422. The number of benzene rings is 2. The first-order valence-electron chi connectivity index (χ1n) is 10.7. The molecular formula is C26H26N2O5. The molecule has 0 saturated heterocycles. The molecule has 33 heavy (non-hydrogen) atoms. The molecular weight excluding hydrogens is 420 g/mol. The van der Waals surface area contributed by atoms with Crippen molar-refractivity contribution in [2.45, 2.75) is 20.4 Å². The number of rotatable bonds is 9. The second kappa shape index (κ2) is 9.65. The number of imide groups is 1. The number of furan rings is 1. The second-order valence-electron chi connectivity index (χ2n) is 8.11. The topological polar surface area (TPSA) is 81.0 Å². The molecule has 0 aliphatic carbocycles. The third kappa shape index (κ3) is 4.92. The van der Waals surface area contributed by atoms with Gasteiger partial charge in [-0.2, -0.15) is 0 Å². The molecule has 170 valence electrons. The monoisotopic (exact) mass is 446 g/mol. The smallest absolute Gasteiger partial charge is 0.278 e. The van der Waals surface area contributed by atoms with Gasteiger partial charge in [0.05, 0.1) is 32.1 Å². The number of ether oxygens (including phenoxy) is 2. The van der Waals surface area contributed by atoms with Crippen molar-refractivity contribution in [3.63, 3.8) is 0 Å². The van der Waals surface area contributed by atoms with E-state index in [-0.39, 0.29) is 12.2 Å². The quantitative estimate of drug-likeness (QED) is 0.479. The van der Waals surface area contributed by atoms with Crippen LogP contribution in [0.25, 0.3) is 5.57 Å². The van der Waals surface area contributed by atoms with E-state index in [1.165, 1.54) is 11.2 Å². The molecule has 1 aliphatic rings. The number of amides is 2. The summed E-state index contributed by atoms with van der Waals surface area (Å²) < 4.78 is 16.4. The third-order valence-corrected chi connectivity index (χ3v) is 5.13. The first-order valence-corrected chi connectivity index (χ1v) is 10.7. The third-order valence-electron chi connectivity index (χ3n) is 5.13. The maximum Gasteiger partial charge on any atom is 0.278 e. The molecule has 1 N–H and O–H groups in total. The van der Waals surface area contributed by atoms with Crippen molar-refractivity contribution in [1.82, 2.24) is 4.90 Å². The van der Waals surface area contributed by atoms with Crippen LogP contribution in [0.1, 0.15) is 25.2 Å². The molecule has 4 rings (SSSR count). The van der Waals surface area contributed by atoms with Gasteiger partial charge in [0.25, 0.3) is 11.8 Å². The van der Waals surface area contributed by atoms with Crippen LogP contribution < -0.4 is 14.8 Å². The van der Waals surface area contributed by atoms with Gasteiger partial charge in [0.2, 0.25) is 0 Å². The van der Waals surface area contributed by atoms with Crippen LogP contribution >= 0.6 is 0 Å². The number of hydrogen-bond donors (Lipinski definition) is 1. The van der Waals surface area contributed by atoms with Gasteiger partial charge in [-0.3, -0.25) is 14.5 Å². The number of methoxy groups -OCH3 is 1. The summed E-state index contributed by atoms with van der Waals surface area (Å²) in [4.78, 5) is 27.9. The molecule has 0 spiro atoms. The summed E-state index contributed by atoms with van der Waals surface area (Å²) in [6.07, 6.45) is 1.51. The fourth-order valence-corrected chi connectivity index (χ4v) is 3.49. The molecule has 0 bridgehead atoms. The van der Waals surface area contributed by atoms with Gasteiger partial charge < -0.3 is 19.2 Å². The first-order chi connectivity index (χ1) is 16.0. The average Bonchev–Trinajstić information content (AvgIpc) is 3.41. The lowest BCUT2D eigenvalue weighted by atomic mass is 10.0. The first kappa shape index (κ1) is 22.2. The molecule has 0 unspecified atom stereocenters. The zero-order valence-electron chi connectivity index (χ0n) is 18.8. The number of carbonyl (C=O) groups excluding carboxylic acids is 2. The minimum Gasteiger partial charge on any atom is -0.497 e. The molecule has 0 fully saturated rings. The molecule has 3 aromatic rings. The summed E-state index contributed by atoms with van der Waals surface area (Å²) in [5, 5.41) is 3.13. The van der Waals surface area contributed by atoms with Crippen molar-refractivity contribution in [2.24, 2.45) is 5.92 Å². The molecule has 2 heterocycles. The van der Waals surface area contributed by atoms with E-state index in [0.29, 0.717) is 46.6 Å². The Balaban J connectivity index is 1.68. The lowest BCUT2D eigenvalue weighted by Crippen LogP contribution is -2.31. The summed E-state index contributed by atoms with van der Waals surface area (Å²) in [5.41, 5.74) is 1.76. The van der Waals surface area contributed by atoms with Crippen molar-refractivity contribution in [1.29, 1.82) is 0 Å². The minimum absolute atomic E-state index is 0.0487. The summed E-state index contributed by atoms with van der Waals surface area (Å²) in [6.45, 7) is 4.80. The van der Waals surface area contributed by atoms with Crippen molar-refractivity contribution < 1.29 is 23.5 Å². The van der Waals surface area contributed by atoms with Crippen molar-refractivity contribution in [3.8, 4) is 11.5 Å². The van der Waals surface area contributed by atoms with Crippen molar-refractivity contribution >= 4 is 23.1 Å². The second-order valence-corrected chi connectivity index (χ2v) is 8.11. The Kier molecular flexibility index (Phi) is 6.49. The molecule has 0 radical (unpaired) electrons. The van der Waals surface area contributed by atoms with E-state index in [1.54, 1.807) is 55.6 Å². The van der Waals surface area contributed by atoms with Gasteiger partial charge in [0.1, 0.15) is 23.0 Å². The van der Waals surface area contributed by atoms with Gasteiger partial charge in [0.15, 0.2) is 0 Å². The molecule has 2 amide bonds. The summed E-state index contributed by atoms with van der Waals surface area (Å²) in [7, 11) is 1.57. The van der Waals surface area contributed by atoms with Crippen LogP contribution in [0.4, 0.5) is 5.69 Å². The van der Waals surface area contributed by atoms with E-state index in [9.17, 15) is 9.59 Å². The van der Waals surface area contributed by atoms with E-state index in [0.717, 1.165) is 0 Å². The molecule has 2 aromatic carbocycles. The zero-order chi connectivity index (χ0) is 23.4. The highest BCUT2D eigenvalue weighted by atomic mass is 16.5. The van der Waals surface area contributed by atoms with E-state index >= 15 is 0 Å². The lowest BCUT2D eigenvalue weighted by Gasteiger charge is -2.14. The zero-order valence-corrected chi connectivity index (χ0v) is 18.8. The maximum absolute atomic E-state index is 13.4. The van der Waals surface area contributed by atoms with Crippen LogP contribution in [0.2, 0.25) is 0 Å². The highest BCUT2D eigenvalue weighted by molar-refractivity contribution is 6.36. The number of carbonyl (C=O) groups is 2. The number of nitrogens with zero attached hydrogens (tertiary/aromatic N) is 1. The van der Waals surface area contributed by atoms with E-state index in [4.69, 9.17) is 13.9 Å². The Morgan fingerprint density at radius 2 is 1.76 bits per heavy atom. The normalized spacial score (nSPS) is 13.8. The number of anilines is 1. The Labute approximate surface area is 192 Å². The molecule has 0 saturated carbocycles. The number of hydrogen-bond acceptors (Lipinski definition) is 6. The Hall–Kier alpha value is -4.00. The standard InChI is InChI=1S/C26H26N2O5/c1-17(2)16-33-20-11-9-18(10-12-20)23-24(27-19-6-4-7-21(14-19)31-3)26(30)28(25(23)29)15-22-8-5-13-32-22/h4-14,17,27H,15-16H2,1-3H3. The fourth-order valence-electron chi connectivity index (χ4n) is 3.49. The maximum atomic E-state index is 13.4. The van der Waals surface area contributed by atoms with Gasteiger partial charge >= 0.3 is 0 Å². The summed E-state index contributed by atoms with van der Waals surface area (Å²) in [5.74, 6) is 1.45. The Morgan fingerprint density at radius 1 is 0.970 bits per heavy atom. The predicted molar refractivity (Wildman–Crippen MR) is 125 cm³/mol. The van der Waals surface area contributed by atoms with Crippen LogP contribution in [0.3, 0.4) is 0 Å². The largest absolute Gasteiger partial charge is 0.497 e. The molecule has 7 nitrogen and oxygen atoms in total. The van der Waals surface area contributed by atoms with Crippen LogP contribution in [0.15, 0.2) is 77.0 Å². The van der Waals surface area contributed by atoms with Crippen LogP contribution in [0.5, 0.6) is 11.5 Å². The van der Waals surface area contributed by atoms with Gasteiger partial charge in [-0.25, -0.2) is 0 Å². The number of nitrogens with one attached hydrogen (secondary N) is 1. The van der Waals surface area contributed by atoms with Crippen molar-refractivity contribution in [3.05, 3.63) is 83.9 Å². The summed E-state index contributed by atoms with van der Waals surface area (Å²) >= 11 is 0. The van der Waals surface area contributed by atoms with E-state index in [2.05, 4.69) is 19.2 Å². The van der Waals surface area contributed by atoms with E-state index < -0.39 is 11.8 Å². The van der Waals surface area contributed by atoms with Gasteiger partial charge in [0, 0.05) is 11.8 Å². The van der Waals surface area contributed by atoms with Gasteiger partial charge in [-0.1, -0.05) is 32.0 Å². The van der Waals surface area contributed by atoms with Crippen molar-refractivity contribution in [2.75, 3.05) is 19.0 Å². The molecule has 1 aliphatic heterocycles. The highest BCUT2D eigenvalue weighted by Gasteiger charge is 2.39. The summed E-state index contributed by atoms with van der Waals surface area (Å²) in [6, 6.07) is 17.8. The van der Waals surface area contributed by atoms with Gasteiger partial charge in [-0.15, -0.1) is 0 Å². The van der Waals surface area contributed by atoms with Crippen LogP contribution in [0, 0.1) is 5.92 Å². The SMILES string of the molecule is COc1cccc(NC2=C(c3ccc(OCC(C)C)cc3)C(=O)N(Cc3ccco3)C2=O)c1. The predicted octanol–water partition coefficient (Wildman–Crippen LogP) is 4.72. The van der Waals surface area contributed by atoms with Gasteiger partial charge in [-0.05, 0) is 47.9 Å². The van der Waals surface area contributed by atoms with Crippen LogP contribution in [-0.4, -0.2) is 30.4 Å². The molecule has 7 heteroatoms. The van der Waals surface area contributed by atoms with E-state index in [1.807, 2.05) is 12.1 Å². The lowest BCUT2D eigenvalue weighted by molar-refractivity contribution is -0.137. The Morgan fingerprint density at radius 3 is 2.42 bits per heavy atom. The molecule has 1 aromatic heterocycles. The fraction of sp³-hybridized carbons (Fsp3) is 0.231. The molecule has 0 atom stereocenters. The Bertz CT molecular complexity index is 1160. The van der Waals surface area contributed by atoms with Crippen LogP contribution in [-0.2, 0) is 16.1 Å². The average molecular weight is 447 g/mol.